The summed E-state index contributed by atoms with van der Waals surface area (Å²) in [4.78, 5) is 24.5. The highest BCUT2D eigenvalue weighted by Gasteiger charge is 2.51. The lowest BCUT2D eigenvalue weighted by molar-refractivity contribution is -0.141. The molecule has 5 heteroatoms. The van der Waals surface area contributed by atoms with E-state index in [1.54, 1.807) is 7.11 Å². The Morgan fingerprint density at radius 3 is 2.56 bits per heavy atom. The minimum Gasteiger partial charge on any atom is -0.496 e. The largest absolute Gasteiger partial charge is 0.496 e. The Morgan fingerprint density at radius 1 is 1.19 bits per heavy atom. The molecule has 0 heterocycles. The van der Waals surface area contributed by atoms with E-state index in [4.69, 9.17) is 4.74 Å². The SMILES string of the molecule is COc1ccccc1CC(CNC(=O)C1(c2cccc(C)c2)CC1)C(=O)O. The van der Waals surface area contributed by atoms with Gasteiger partial charge in [0.2, 0.25) is 5.91 Å². The van der Waals surface area contributed by atoms with Crippen LogP contribution in [-0.4, -0.2) is 30.6 Å². The number of methoxy groups -OCH3 is 1. The number of rotatable bonds is 8. The van der Waals surface area contributed by atoms with Gasteiger partial charge in [0.25, 0.3) is 0 Å². The number of hydrogen-bond donors (Lipinski definition) is 2. The number of ether oxygens (including phenoxy) is 1. The Hall–Kier alpha value is -2.82. The molecule has 1 fully saturated rings. The van der Waals surface area contributed by atoms with Crippen molar-refractivity contribution in [2.24, 2.45) is 5.92 Å². The van der Waals surface area contributed by atoms with Crippen molar-refractivity contribution >= 4 is 11.9 Å². The second-order valence-electron chi connectivity index (χ2n) is 7.21. The van der Waals surface area contributed by atoms with Gasteiger partial charge >= 0.3 is 5.97 Å². The summed E-state index contributed by atoms with van der Waals surface area (Å²) in [6.07, 6.45) is 1.90. The number of carboxylic acid groups (broad SMARTS) is 1. The molecule has 0 radical (unpaired) electrons. The zero-order valence-corrected chi connectivity index (χ0v) is 15.7. The van der Waals surface area contributed by atoms with E-state index in [1.165, 1.54) is 0 Å². The molecule has 3 rings (SSSR count). The van der Waals surface area contributed by atoms with Crippen LogP contribution in [0.4, 0.5) is 0 Å². The summed E-state index contributed by atoms with van der Waals surface area (Å²) >= 11 is 0. The standard InChI is InChI=1S/C22H25NO4/c1-15-6-5-8-18(12-15)22(10-11-22)21(26)23-14-17(20(24)25)13-16-7-3-4-9-19(16)27-2/h3-9,12,17H,10-11,13-14H2,1-2H3,(H,23,26)(H,24,25). The fraction of sp³-hybridized carbons (Fsp3) is 0.364. The van der Waals surface area contributed by atoms with Crippen molar-refractivity contribution in [2.75, 3.05) is 13.7 Å². The molecule has 2 aromatic carbocycles. The Bertz CT molecular complexity index is 842. The number of hydrogen-bond acceptors (Lipinski definition) is 3. The van der Waals surface area contributed by atoms with Crippen LogP contribution in [-0.2, 0) is 21.4 Å². The van der Waals surface area contributed by atoms with E-state index in [-0.39, 0.29) is 12.5 Å². The molecule has 0 bridgehead atoms. The monoisotopic (exact) mass is 367 g/mol. The van der Waals surface area contributed by atoms with Crippen LogP contribution in [0.5, 0.6) is 5.75 Å². The molecule has 27 heavy (non-hydrogen) atoms. The number of carbonyl (C=O) groups is 2. The highest BCUT2D eigenvalue weighted by molar-refractivity contribution is 5.91. The van der Waals surface area contributed by atoms with Gasteiger partial charge in [0, 0.05) is 6.54 Å². The van der Waals surface area contributed by atoms with Gasteiger partial charge in [0.05, 0.1) is 18.4 Å². The van der Waals surface area contributed by atoms with Gasteiger partial charge in [-0.2, -0.15) is 0 Å². The maximum absolute atomic E-state index is 12.8. The number of carboxylic acids is 1. The summed E-state index contributed by atoms with van der Waals surface area (Å²) in [5.74, 6) is -1.06. The molecule has 2 aromatic rings. The molecule has 142 valence electrons. The number of carbonyl (C=O) groups excluding carboxylic acids is 1. The first-order valence-corrected chi connectivity index (χ1v) is 9.16. The van der Waals surface area contributed by atoms with Gasteiger partial charge in [-0.1, -0.05) is 48.0 Å². The molecule has 1 aliphatic rings. The average molecular weight is 367 g/mol. The first kappa shape index (κ1) is 19.0. The van der Waals surface area contributed by atoms with E-state index >= 15 is 0 Å². The molecule has 5 nitrogen and oxygen atoms in total. The Balaban J connectivity index is 1.68. The molecule has 0 saturated heterocycles. The van der Waals surface area contributed by atoms with Gasteiger partial charge < -0.3 is 15.2 Å². The summed E-state index contributed by atoms with van der Waals surface area (Å²) in [5.41, 5.74) is 2.45. The van der Waals surface area contributed by atoms with Crippen LogP contribution in [0.3, 0.4) is 0 Å². The number of benzene rings is 2. The molecule has 1 atom stereocenters. The van der Waals surface area contributed by atoms with Crippen LogP contribution in [0, 0.1) is 12.8 Å². The zero-order chi connectivity index (χ0) is 19.4. The van der Waals surface area contributed by atoms with E-state index in [2.05, 4.69) is 5.32 Å². The minimum atomic E-state index is -0.929. The van der Waals surface area contributed by atoms with Crippen molar-refractivity contribution in [1.82, 2.24) is 5.32 Å². The van der Waals surface area contributed by atoms with Gasteiger partial charge in [0.15, 0.2) is 0 Å². The first-order chi connectivity index (χ1) is 13.0. The molecule has 1 unspecified atom stereocenters. The smallest absolute Gasteiger partial charge is 0.308 e. The molecule has 1 aliphatic carbocycles. The van der Waals surface area contributed by atoms with E-state index in [0.29, 0.717) is 12.2 Å². The van der Waals surface area contributed by atoms with Crippen molar-refractivity contribution in [3.8, 4) is 5.75 Å². The van der Waals surface area contributed by atoms with Crippen molar-refractivity contribution < 1.29 is 19.4 Å². The summed E-state index contributed by atoms with van der Waals surface area (Å²) in [7, 11) is 1.56. The van der Waals surface area contributed by atoms with Gasteiger partial charge in [-0.05, 0) is 43.4 Å². The van der Waals surface area contributed by atoms with Crippen LogP contribution in [0.15, 0.2) is 48.5 Å². The lowest BCUT2D eigenvalue weighted by atomic mass is 9.93. The highest BCUT2D eigenvalue weighted by Crippen LogP contribution is 2.48. The second kappa shape index (κ2) is 7.82. The number of nitrogens with one attached hydrogen (secondary N) is 1. The van der Waals surface area contributed by atoms with Crippen molar-refractivity contribution in [1.29, 1.82) is 0 Å². The van der Waals surface area contributed by atoms with Gasteiger partial charge in [-0.15, -0.1) is 0 Å². The van der Waals surface area contributed by atoms with Crippen LogP contribution in [0.2, 0.25) is 0 Å². The van der Waals surface area contributed by atoms with E-state index < -0.39 is 17.3 Å². The third-order valence-corrected chi connectivity index (χ3v) is 5.27. The van der Waals surface area contributed by atoms with Gasteiger partial charge in [-0.25, -0.2) is 0 Å². The van der Waals surface area contributed by atoms with Gasteiger partial charge in [0.1, 0.15) is 5.75 Å². The van der Waals surface area contributed by atoms with Crippen molar-refractivity contribution in [2.45, 2.75) is 31.6 Å². The molecule has 0 spiro atoms. The Kier molecular flexibility index (Phi) is 5.49. The van der Waals surface area contributed by atoms with Crippen LogP contribution < -0.4 is 10.1 Å². The van der Waals surface area contributed by atoms with Crippen LogP contribution >= 0.6 is 0 Å². The number of aliphatic carboxylic acids is 1. The number of aryl methyl sites for hydroxylation is 1. The number of amides is 1. The normalized spacial score (nSPS) is 15.6. The molecule has 1 saturated carbocycles. The molecule has 0 aliphatic heterocycles. The molecular weight excluding hydrogens is 342 g/mol. The minimum absolute atomic E-state index is 0.0839. The fourth-order valence-electron chi connectivity index (χ4n) is 3.48. The first-order valence-electron chi connectivity index (χ1n) is 9.16. The Morgan fingerprint density at radius 2 is 1.93 bits per heavy atom. The van der Waals surface area contributed by atoms with Crippen molar-refractivity contribution in [3.63, 3.8) is 0 Å². The summed E-state index contributed by atoms with van der Waals surface area (Å²) in [6, 6.07) is 15.3. The van der Waals surface area contributed by atoms with Crippen LogP contribution in [0.25, 0.3) is 0 Å². The average Bonchev–Trinajstić information content (AvgIpc) is 3.47. The quantitative estimate of drug-likeness (QED) is 0.752. The van der Waals surface area contributed by atoms with E-state index in [1.807, 2.05) is 55.5 Å². The van der Waals surface area contributed by atoms with E-state index in [9.17, 15) is 14.7 Å². The third kappa shape index (κ3) is 4.13. The maximum atomic E-state index is 12.8. The lowest BCUT2D eigenvalue weighted by Crippen LogP contribution is -2.40. The molecular formula is C22H25NO4. The Labute approximate surface area is 159 Å². The fourth-order valence-corrected chi connectivity index (χ4v) is 3.48. The topological polar surface area (TPSA) is 75.6 Å². The molecule has 1 amide bonds. The highest BCUT2D eigenvalue weighted by atomic mass is 16.5. The summed E-state index contributed by atoms with van der Waals surface area (Å²) in [5, 5.41) is 12.5. The second-order valence-corrected chi connectivity index (χ2v) is 7.21. The van der Waals surface area contributed by atoms with Crippen LogP contribution in [0.1, 0.15) is 29.5 Å². The predicted octanol–water partition coefficient (Wildman–Crippen LogP) is 3.09. The number of para-hydroxylation sites is 1. The third-order valence-electron chi connectivity index (χ3n) is 5.27. The maximum Gasteiger partial charge on any atom is 0.308 e. The van der Waals surface area contributed by atoms with Gasteiger partial charge in [-0.3, -0.25) is 9.59 Å². The molecule has 0 aromatic heterocycles. The summed E-state index contributed by atoms with van der Waals surface area (Å²) in [6.45, 7) is 2.10. The van der Waals surface area contributed by atoms with Crippen molar-refractivity contribution in [3.05, 3.63) is 65.2 Å². The van der Waals surface area contributed by atoms with E-state index in [0.717, 1.165) is 29.5 Å². The summed E-state index contributed by atoms with van der Waals surface area (Å²) < 4.78 is 5.30. The lowest BCUT2D eigenvalue weighted by Gasteiger charge is -2.19. The predicted molar refractivity (Wildman–Crippen MR) is 103 cm³/mol. The zero-order valence-electron chi connectivity index (χ0n) is 15.7. The molecule has 2 N–H and O–H groups in total.